The van der Waals surface area contributed by atoms with Gasteiger partial charge >= 0.3 is 0 Å². The molecule has 0 spiro atoms. The van der Waals surface area contributed by atoms with Crippen molar-refractivity contribution in [1.82, 2.24) is 0 Å². The molecule has 0 aliphatic heterocycles. The van der Waals surface area contributed by atoms with E-state index in [1.165, 1.54) is 22.4 Å². The molecule has 0 N–H and O–H groups in total. The minimum atomic E-state index is 0.811. The van der Waals surface area contributed by atoms with Crippen LogP contribution < -0.4 is 14.4 Å². The van der Waals surface area contributed by atoms with Gasteiger partial charge in [-0.25, -0.2) is 0 Å². The third-order valence-electron chi connectivity index (χ3n) is 4.46. The number of methoxy groups -OCH3 is 2. The van der Waals surface area contributed by atoms with Gasteiger partial charge in [0.15, 0.2) is 0 Å². The average Bonchev–Trinajstić information content (AvgIpc) is 2.68. The highest BCUT2D eigenvalue weighted by atomic mass is 79.9. The lowest BCUT2D eigenvalue weighted by Crippen LogP contribution is -2.22. The van der Waals surface area contributed by atoms with Crippen molar-refractivity contribution in [3.05, 3.63) is 87.9 Å². The standard InChI is InChI=1S/C23H24BrNO2/c1-17-12-20(24)14-21(13-17)25(15-18-4-8-22(26-2)9-5-18)16-19-6-10-23(27-3)11-7-19/h4-14H,15-16H2,1-3H3. The Balaban J connectivity index is 1.88. The van der Waals surface area contributed by atoms with Gasteiger partial charge in [0.1, 0.15) is 11.5 Å². The molecule has 0 saturated heterocycles. The molecule has 0 unspecified atom stereocenters. The number of hydrogen-bond donors (Lipinski definition) is 0. The maximum Gasteiger partial charge on any atom is 0.118 e. The van der Waals surface area contributed by atoms with Gasteiger partial charge in [0.2, 0.25) is 0 Å². The number of anilines is 1. The summed E-state index contributed by atoms with van der Waals surface area (Å²) >= 11 is 3.63. The summed E-state index contributed by atoms with van der Waals surface area (Å²) in [4.78, 5) is 2.38. The molecule has 4 heteroatoms. The van der Waals surface area contributed by atoms with Crippen molar-refractivity contribution in [2.45, 2.75) is 20.0 Å². The van der Waals surface area contributed by atoms with Crippen molar-refractivity contribution >= 4 is 21.6 Å². The predicted molar refractivity (Wildman–Crippen MR) is 115 cm³/mol. The molecule has 3 aromatic carbocycles. The van der Waals surface area contributed by atoms with Crippen molar-refractivity contribution < 1.29 is 9.47 Å². The Labute approximate surface area is 169 Å². The molecule has 0 aliphatic carbocycles. The van der Waals surface area contributed by atoms with Crippen LogP contribution in [0.2, 0.25) is 0 Å². The first-order valence-electron chi connectivity index (χ1n) is 8.85. The van der Waals surface area contributed by atoms with E-state index in [4.69, 9.17) is 9.47 Å². The zero-order valence-electron chi connectivity index (χ0n) is 15.9. The molecule has 3 nitrogen and oxygen atoms in total. The van der Waals surface area contributed by atoms with Gasteiger partial charge in [-0.3, -0.25) is 0 Å². The first-order chi connectivity index (χ1) is 13.1. The summed E-state index contributed by atoms with van der Waals surface area (Å²) in [5.74, 6) is 1.75. The first-order valence-corrected chi connectivity index (χ1v) is 9.64. The van der Waals surface area contributed by atoms with E-state index < -0.39 is 0 Å². The van der Waals surface area contributed by atoms with Crippen molar-refractivity contribution in [3.8, 4) is 11.5 Å². The van der Waals surface area contributed by atoms with Gasteiger partial charge in [0.25, 0.3) is 0 Å². The van der Waals surface area contributed by atoms with Gasteiger partial charge in [-0.2, -0.15) is 0 Å². The van der Waals surface area contributed by atoms with E-state index in [0.717, 1.165) is 29.1 Å². The molecule has 0 radical (unpaired) electrons. The normalized spacial score (nSPS) is 10.5. The molecular formula is C23H24BrNO2. The summed E-state index contributed by atoms with van der Waals surface area (Å²) in [6, 6.07) is 23.0. The van der Waals surface area contributed by atoms with Crippen molar-refractivity contribution in [1.29, 1.82) is 0 Å². The lowest BCUT2D eigenvalue weighted by molar-refractivity contribution is 0.414. The molecule has 0 saturated carbocycles. The summed E-state index contributed by atoms with van der Waals surface area (Å²) < 4.78 is 11.6. The van der Waals surface area contributed by atoms with E-state index in [2.05, 4.69) is 70.2 Å². The van der Waals surface area contributed by atoms with Crippen LogP contribution in [0.3, 0.4) is 0 Å². The summed E-state index contributed by atoms with van der Waals surface area (Å²) in [5.41, 5.74) is 4.89. The topological polar surface area (TPSA) is 21.7 Å². The average molecular weight is 426 g/mol. The molecule has 0 aromatic heterocycles. The molecule has 0 heterocycles. The molecule has 0 amide bonds. The third-order valence-corrected chi connectivity index (χ3v) is 4.91. The van der Waals surface area contributed by atoms with E-state index in [1.807, 2.05) is 24.3 Å². The van der Waals surface area contributed by atoms with Crippen LogP contribution in [-0.4, -0.2) is 14.2 Å². The molecule has 3 aromatic rings. The number of rotatable bonds is 7. The van der Waals surface area contributed by atoms with Crippen LogP contribution in [0.25, 0.3) is 0 Å². The minimum absolute atomic E-state index is 0.811. The number of halogens is 1. The summed E-state index contributed by atoms with van der Waals surface area (Å²) in [6.45, 7) is 3.74. The van der Waals surface area contributed by atoms with E-state index in [9.17, 15) is 0 Å². The number of nitrogens with zero attached hydrogens (tertiary/aromatic N) is 1. The van der Waals surface area contributed by atoms with Crippen LogP contribution in [0.1, 0.15) is 16.7 Å². The maximum atomic E-state index is 5.28. The van der Waals surface area contributed by atoms with Gasteiger partial charge in [-0.15, -0.1) is 0 Å². The monoisotopic (exact) mass is 425 g/mol. The Kier molecular flexibility index (Phi) is 6.40. The maximum absolute atomic E-state index is 5.28. The van der Waals surface area contributed by atoms with Gasteiger partial charge in [0, 0.05) is 23.2 Å². The second-order valence-electron chi connectivity index (χ2n) is 6.54. The van der Waals surface area contributed by atoms with E-state index in [1.54, 1.807) is 14.2 Å². The van der Waals surface area contributed by atoms with Gasteiger partial charge < -0.3 is 14.4 Å². The molecular weight excluding hydrogens is 402 g/mol. The number of ether oxygens (including phenoxy) is 2. The van der Waals surface area contributed by atoms with Crippen LogP contribution >= 0.6 is 15.9 Å². The molecule has 3 rings (SSSR count). The largest absolute Gasteiger partial charge is 0.497 e. The van der Waals surface area contributed by atoms with Crippen LogP contribution in [0.4, 0.5) is 5.69 Å². The lowest BCUT2D eigenvalue weighted by atomic mass is 10.1. The molecule has 0 bridgehead atoms. The van der Waals surface area contributed by atoms with Crippen molar-refractivity contribution in [3.63, 3.8) is 0 Å². The lowest BCUT2D eigenvalue weighted by Gasteiger charge is -2.26. The Morgan fingerprint density at radius 2 is 1.22 bits per heavy atom. The number of aryl methyl sites for hydroxylation is 1. The molecule has 27 heavy (non-hydrogen) atoms. The van der Waals surface area contributed by atoms with Crippen LogP contribution in [0, 0.1) is 6.92 Å². The zero-order valence-corrected chi connectivity index (χ0v) is 17.5. The van der Waals surface area contributed by atoms with Crippen molar-refractivity contribution in [2.75, 3.05) is 19.1 Å². The smallest absolute Gasteiger partial charge is 0.118 e. The van der Waals surface area contributed by atoms with Gasteiger partial charge in [-0.05, 0) is 66.1 Å². The Bertz CT molecular complexity index is 806. The van der Waals surface area contributed by atoms with Crippen molar-refractivity contribution in [2.24, 2.45) is 0 Å². The summed E-state index contributed by atoms with van der Waals surface area (Å²) in [5, 5.41) is 0. The number of hydrogen-bond acceptors (Lipinski definition) is 3. The quantitative estimate of drug-likeness (QED) is 0.464. The third kappa shape index (κ3) is 5.27. The van der Waals surface area contributed by atoms with E-state index in [-0.39, 0.29) is 0 Å². The fourth-order valence-electron chi connectivity index (χ4n) is 3.04. The molecule has 0 aliphatic rings. The van der Waals surface area contributed by atoms with E-state index >= 15 is 0 Å². The second-order valence-corrected chi connectivity index (χ2v) is 7.45. The second kappa shape index (κ2) is 8.96. The summed E-state index contributed by atoms with van der Waals surface area (Å²) in [7, 11) is 3.38. The first kappa shape index (κ1) is 19.3. The molecule has 0 atom stereocenters. The Morgan fingerprint density at radius 1 is 0.741 bits per heavy atom. The Hall–Kier alpha value is -2.46. The Morgan fingerprint density at radius 3 is 1.63 bits per heavy atom. The highest BCUT2D eigenvalue weighted by Gasteiger charge is 2.11. The predicted octanol–water partition coefficient (Wildman–Crippen LogP) is 5.98. The van der Waals surface area contributed by atoms with Crippen LogP contribution in [-0.2, 0) is 13.1 Å². The zero-order chi connectivity index (χ0) is 19.2. The fraction of sp³-hybridized carbons (Fsp3) is 0.217. The highest BCUT2D eigenvalue weighted by Crippen LogP contribution is 2.26. The highest BCUT2D eigenvalue weighted by molar-refractivity contribution is 9.10. The van der Waals surface area contributed by atoms with Gasteiger partial charge in [0.05, 0.1) is 14.2 Å². The van der Waals surface area contributed by atoms with Gasteiger partial charge in [-0.1, -0.05) is 40.2 Å². The van der Waals surface area contributed by atoms with Crippen LogP contribution in [0.15, 0.2) is 71.2 Å². The van der Waals surface area contributed by atoms with E-state index in [0.29, 0.717) is 0 Å². The minimum Gasteiger partial charge on any atom is -0.497 e. The SMILES string of the molecule is COc1ccc(CN(Cc2ccc(OC)cc2)c2cc(C)cc(Br)c2)cc1. The fourth-order valence-corrected chi connectivity index (χ4v) is 3.64. The molecule has 0 fully saturated rings. The van der Waals surface area contributed by atoms with Crippen LogP contribution in [0.5, 0.6) is 11.5 Å². The summed E-state index contributed by atoms with van der Waals surface area (Å²) in [6.07, 6.45) is 0. The molecule has 140 valence electrons. The number of benzene rings is 3.